The molecule has 0 aromatic carbocycles. The number of amides is 1. The maximum Gasteiger partial charge on any atom is 0.305 e. The van der Waals surface area contributed by atoms with E-state index in [2.05, 4.69) is 67.8 Å². The first-order chi connectivity index (χ1) is 31.0. The van der Waals surface area contributed by atoms with Crippen molar-refractivity contribution in [3.05, 3.63) is 60.8 Å². The molecule has 2 unspecified atom stereocenters. The van der Waals surface area contributed by atoms with Crippen LogP contribution in [0.3, 0.4) is 0 Å². The van der Waals surface area contributed by atoms with Gasteiger partial charge in [-0.3, -0.25) is 9.59 Å². The Bertz CT molecular complexity index is 1110. The number of esters is 1. The molecule has 0 aromatic rings. The summed E-state index contributed by atoms with van der Waals surface area (Å²) in [5, 5.41) is 23.1. The van der Waals surface area contributed by atoms with E-state index in [1.807, 2.05) is 6.08 Å². The van der Waals surface area contributed by atoms with Gasteiger partial charge in [0.25, 0.3) is 0 Å². The number of carbonyl (C=O) groups excluding carboxylic acids is 2. The molecule has 0 rings (SSSR count). The smallest absolute Gasteiger partial charge is 0.305 e. The van der Waals surface area contributed by atoms with Crippen molar-refractivity contribution in [2.75, 3.05) is 13.2 Å². The molecule has 0 saturated carbocycles. The zero-order valence-corrected chi connectivity index (χ0v) is 41.5. The lowest BCUT2D eigenvalue weighted by Gasteiger charge is -2.20. The lowest BCUT2D eigenvalue weighted by atomic mass is 10.0. The summed E-state index contributed by atoms with van der Waals surface area (Å²) in [5.74, 6) is -0.130. The molecule has 0 fully saturated rings. The van der Waals surface area contributed by atoms with E-state index in [1.54, 1.807) is 6.08 Å². The molecule has 0 aliphatic carbocycles. The molecule has 0 aliphatic heterocycles. The monoisotopic (exact) mass is 882 g/mol. The Morgan fingerprint density at radius 3 is 1.35 bits per heavy atom. The summed E-state index contributed by atoms with van der Waals surface area (Å²) in [4.78, 5) is 24.4. The van der Waals surface area contributed by atoms with Gasteiger partial charge >= 0.3 is 5.97 Å². The van der Waals surface area contributed by atoms with Crippen molar-refractivity contribution < 1.29 is 24.5 Å². The third-order valence-electron chi connectivity index (χ3n) is 12.0. The molecule has 2 atom stereocenters. The Kier molecular flexibility index (Phi) is 50.2. The highest BCUT2D eigenvalue weighted by molar-refractivity contribution is 5.76. The fourth-order valence-corrected chi connectivity index (χ4v) is 7.82. The molecule has 0 bridgehead atoms. The molecule has 366 valence electrons. The summed E-state index contributed by atoms with van der Waals surface area (Å²) in [6.07, 6.45) is 66.5. The lowest BCUT2D eigenvalue weighted by Crippen LogP contribution is -2.45. The van der Waals surface area contributed by atoms with Crippen molar-refractivity contribution in [3.8, 4) is 0 Å². The van der Waals surface area contributed by atoms with Crippen LogP contribution < -0.4 is 5.32 Å². The molecule has 63 heavy (non-hydrogen) atoms. The van der Waals surface area contributed by atoms with Crippen molar-refractivity contribution in [1.29, 1.82) is 0 Å². The molecule has 6 nitrogen and oxygen atoms in total. The van der Waals surface area contributed by atoms with Gasteiger partial charge in [-0.1, -0.05) is 222 Å². The average molecular weight is 882 g/mol. The fourth-order valence-electron chi connectivity index (χ4n) is 7.82. The number of rotatable bonds is 49. The van der Waals surface area contributed by atoms with Crippen LogP contribution in [-0.4, -0.2) is 47.4 Å². The third-order valence-corrected chi connectivity index (χ3v) is 12.0. The maximum atomic E-state index is 12.4. The number of hydrogen-bond donors (Lipinski definition) is 3. The van der Waals surface area contributed by atoms with Crippen LogP contribution in [0.1, 0.15) is 264 Å². The molecule has 6 heteroatoms. The third kappa shape index (κ3) is 48.8. The van der Waals surface area contributed by atoms with E-state index in [0.29, 0.717) is 19.4 Å². The summed E-state index contributed by atoms with van der Waals surface area (Å²) < 4.78 is 5.43. The molecule has 0 radical (unpaired) electrons. The van der Waals surface area contributed by atoms with Crippen LogP contribution >= 0.6 is 0 Å². The minimum absolute atomic E-state index is 0.0384. The van der Waals surface area contributed by atoms with Crippen LogP contribution in [0.25, 0.3) is 0 Å². The van der Waals surface area contributed by atoms with Gasteiger partial charge in [0.2, 0.25) is 5.91 Å². The van der Waals surface area contributed by atoms with Gasteiger partial charge in [-0.25, -0.2) is 0 Å². The van der Waals surface area contributed by atoms with Gasteiger partial charge in [-0.2, -0.15) is 0 Å². The highest BCUT2D eigenvalue weighted by Crippen LogP contribution is 2.15. The van der Waals surface area contributed by atoms with Gasteiger partial charge in [-0.15, -0.1) is 0 Å². The topological polar surface area (TPSA) is 95.9 Å². The van der Waals surface area contributed by atoms with E-state index in [0.717, 1.165) is 89.9 Å². The van der Waals surface area contributed by atoms with Gasteiger partial charge < -0.3 is 20.3 Å². The van der Waals surface area contributed by atoms with Crippen molar-refractivity contribution >= 4 is 11.9 Å². The van der Waals surface area contributed by atoms with Crippen molar-refractivity contribution in [2.24, 2.45) is 0 Å². The first-order valence-electron chi connectivity index (χ1n) is 27.1. The minimum atomic E-state index is -0.861. The van der Waals surface area contributed by atoms with E-state index >= 15 is 0 Å². The Morgan fingerprint density at radius 2 is 0.857 bits per heavy atom. The van der Waals surface area contributed by atoms with Gasteiger partial charge in [0.05, 0.1) is 25.4 Å². The summed E-state index contributed by atoms with van der Waals surface area (Å²) in [6.45, 7) is 4.79. The highest BCUT2D eigenvalue weighted by Gasteiger charge is 2.18. The number of carbonyl (C=O) groups is 2. The Hall–Kier alpha value is -2.44. The minimum Gasteiger partial charge on any atom is -0.466 e. The average Bonchev–Trinajstić information content (AvgIpc) is 3.28. The van der Waals surface area contributed by atoms with Crippen LogP contribution in [0.4, 0.5) is 0 Å². The first-order valence-corrected chi connectivity index (χ1v) is 27.1. The predicted octanol–water partition coefficient (Wildman–Crippen LogP) is 16.4. The standard InChI is InChI=1S/C57H103NO5/c1-3-5-7-9-11-13-15-17-19-20-22-25-29-33-37-41-45-49-55(60)54(53-59)58-56(61)50-46-42-38-34-30-26-23-21-24-28-32-36-40-44-48-52-63-57(62)51-47-43-39-35-31-27-18-16-14-12-10-8-6-4-2/h10,12,16,18,21,24,28,32,45,49,54-55,59-60H,3-9,11,13-15,17,19-20,22-23,25-27,29-31,33-44,46-48,50-53H2,1-2H3,(H,58,61)/b12-10-,18-16-,24-21-,32-28-,49-45+. The van der Waals surface area contributed by atoms with Crippen molar-refractivity contribution in [2.45, 2.75) is 276 Å². The molecule has 0 heterocycles. The van der Waals surface area contributed by atoms with E-state index in [4.69, 9.17) is 4.74 Å². The summed E-state index contributed by atoms with van der Waals surface area (Å²) in [7, 11) is 0. The second-order valence-corrected chi connectivity index (χ2v) is 18.2. The molecule has 0 aromatic heterocycles. The SMILES string of the molecule is CCCC/C=C\C/C=C\CCCCCCCC(=O)OCCCCC/C=C\C=C/CCCCCCCCC(=O)NC(CO)C(O)/C=C/CCCCCCCCCCCCCCCCC. The quantitative estimate of drug-likeness (QED) is 0.0245. The molecule has 0 aliphatic rings. The number of unbranched alkanes of at least 4 members (excludes halogenated alkanes) is 31. The number of hydrogen-bond acceptors (Lipinski definition) is 5. The second-order valence-electron chi connectivity index (χ2n) is 18.2. The van der Waals surface area contributed by atoms with E-state index in [1.165, 1.54) is 148 Å². The number of ether oxygens (including phenoxy) is 1. The largest absolute Gasteiger partial charge is 0.466 e. The summed E-state index contributed by atoms with van der Waals surface area (Å²) in [5.41, 5.74) is 0. The normalized spacial score (nSPS) is 13.1. The number of allylic oxidation sites excluding steroid dienone is 9. The number of aliphatic hydroxyl groups is 2. The van der Waals surface area contributed by atoms with Crippen LogP contribution in [-0.2, 0) is 14.3 Å². The zero-order valence-electron chi connectivity index (χ0n) is 41.5. The molecule has 0 saturated heterocycles. The van der Waals surface area contributed by atoms with E-state index < -0.39 is 12.1 Å². The maximum absolute atomic E-state index is 12.4. The first kappa shape index (κ1) is 60.6. The predicted molar refractivity (Wildman–Crippen MR) is 273 cm³/mol. The molecule has 0 spiro atoms. The zero-order chi connectivity index (χ0) is 45.8. The summed E-state index contributed by atoms with van der Waals surface area (Å²) >= 11 is 0. The highest BCUT2D eigenvalue weighted by atomic mass is 16.5. The van der Waals surface area contributed by atoms with Crippen LogP contribution in [0, 0.1) is 0 Å². The van der Waals surface area contributed by atoms with Crippen LogP contribution in [0.15, 0.2) is 60.8 Å². The second kappa shape index (κ2) is 52.2. The number of nitrogens with one attached hydrogen (secondary N) is 1. The van der Waals surface area contributed by atoms with Gasteiger partial charge in [-0.05, 0) is 89.9 Å². The Labute approximate surface area is 390 Å². The molecule has 1 amide bonds. The van der Waals surface area contributed by atoms with Gasteiger partial charge in [0.1, 0.15) is 0 Å². The van der Waals surface area contributed by atoms with Gasteiger partial charge in [0, 0.05) is 12.8 Å². The van der Waals surface area contributed by atoms with Crippen molar-refractivity contribution in [3.63, 3.8) is 0 Å². The van der Waals surface area contributed by atoms with E-state index in [9.17, 15) is 19.8 Å². The Morgan fingerprint density at radius 1 is 0.460 bits per heavy atom. The van der Waals surface area contributed by atoms with Gasteiger partial charge in [0.15, 0.2) is 0 Å². The molecule has 3 N–H and O–H groups in total. The molecular weight excluding hydrogens is 779 g/mol. The van der Waals surface area contributed by atoms with Crippen molar-refractivity contribution in [1.82, 2.24) is 5.32 Å². The fraction of sp³-hybridized carbons (Fsp3) is 0.789. The van der Waals surface area contributed by atoms with E-state index in [-0.39, 0.29) is 18.5 Å². The molecular formula is C57H103NO5. The van der Waals surface area contributed by atoms with Crippen LogP contribution in [0.5, 0.6) is 0 Å². The van der Waals surface area contributed by atoms with Crippen LogP contribution in [0.2, 0.25) is 0 Å². The Balaban J connectivity index is 3.58. The lowest BCUT2D eigenvalue weighted by molar-refractivity contribution is -0.143. The summed E-state index contributed by atoms with van der Waals surface area (Å²) in [6, 6.07) is -0.646. The number of aliphatic hydroxyl groups excluding tert-OH is 2.